The van der Waals surface area contributed by atoms with Crippen molar-refractivity contribution in [3.63, 3.8) is 0 Å². The van der Waals surface area contributed by atoms with Crippen LogP contribution in [0.2, 0.25) is 0 Å². The van der Waals surface area contributed by atoms with Gasteiger partial charge < -0.3 is 4.90 Å². The van der Waals surface area contributed by atoms with Gasteiger partial charge in [-0.2, -0.15) is 0 Å². The molecule has 2 aromatic rings. The Bertz CT molecular complexity index is 809. The smallest absolute Gasteiger partial charge is 0.259 e. The number of carbonyl (C=O) groups excluding carboxylic acids is 2. The number of para-hydroxylation sites is 1. The van der Waals surface area contributed by atoms with Crippen molar-refractivity contribution >= 4 is 23.1 Å². The van der Waals surface area contributed by atoms with Crippen LogP contribution >= 0.6 is 0 Å². The van der Waals surface area contributed by atoms with E-state index in [9.17, 15) is 9.59 Å². The van der Waals surface area contributed by atoms with Crippen LogP contribution in [0.4, 0.5) is 5.69 Å². The molecule has 3 rings (SSSR count). The zero-order valence-electron chi connectivity index (χ0n) is 13.2. The number of amides is 2. The van der Waals surface area contributed by atoms with Crippen molar-refractivity contribution in [2.24, 2.45) is 0 Å². The Balaban J connectivity index is 2.19. The van der Waals surface area contributed by atoms with E-state index in [0.717, 1.165) is 16.7 Å². The lowest BCUT2D eigenvalue weighted by Gasteiger charge is -2.24. The molecule has 0 unspecified atom stereocenters. The summed E-state index contributed by atoms with van der Waals surface area (Å²) < 4.78 is 0. The number of hydrogen-bond donors (Lipinski definition) is 0. The number of likely N-dealkylation sites (N-methyl/N-ethyl adjacent to an activating group) is 1. The minimum Gasteiger partial charge on any atom is -0.347 e. The van der Waals surface area contributed by atoms with Gasteiger partial charge in [0.25, 0.3) is 5.91 Å². The first-order valence-corrected chi connectivity index (χ1v) is 7.40. The number of rotatable bonds is 2. The van der Waals surface area contributed by atoms with E-state index in [1.54, 1.807) is 20.2 Å². The van der Waals surface area contributed by atoms with Gasteiger partial charge in [-0.15, -0.1) is 0 Å². The van der Waals surface area contributed by atoms with Crippen molar-refractivity contribution in [1.29, 1.82) is 0 Å². The molecule has 4 heteroatoms. The third kappa shape index (κ3) is 2.52. The van der Waals surface area contributed by atoms with Crippen molar-refractivity contribution in [2.75, 3.05) is 25.5 Å². The Morgan fingerprint density at radius 2 is 1.57 bits per heavy atom. The molecular formula is C19H18N2O2. The molecule has 116 valence electrons. The minimum atomic E-state index is -0.179. The van der Waals surface area contributed by atoms with Crippen LogP contribution in [-0.2, 0) is 4.79 Å². The Hall–Kier alpha value is -2.88. The van der Waals surface area contributed by atoms with E-state index in [-0.39, 0.29) is 18.4 Å². The maximum Gasteiger partial charge on any atom is 0.259 e. The van der Waals surface area contributed by atoms with Gasteiger partial charge in [-0.05, 0) is 23.3 Å². The fourth-order valence-electron chi connectivity index (χ4n) is 2.73. The molecule has 4 nitrogen and oxygen atoms in total. The molecule has 2 aromatic carbocycles. The summed E-state index contributed by atoms with van der Waals surface area (Å²) in [6, 6.07) is 14.9. The Morgan fingerprint density at radius 1 is 1.00 bits per heavy atom. The molecule has 1 heterocycles. The molecule has 0 bridgehead atoms. The number of benzene rings is 2. The van der Waals surface area contributed by atoms with Gasteiger partial charge in [0, 0.05) is 25.2 Å². The Morgan fingerprint density at radius 3 is 2.22 bits per heavy atom. The number of anilines is 1. The summed E-state index contributed by atoms with van der Waals surface area (Å²) in [6.07, 6.45) is 0. The second-order valence-electron chi connectivity index (χ2n) is 5.72. The van der Waals surface area contributed by atoms with Gasteiger partial charge in [-0.3, -0.25) is 14.5 Å². The molecule has 0 aliphatic carbocycles. The first-order chi connectivity index (χ1) is 11.0. The summed E-state index contributed by atoms with van der Waals surface area (Å²) in [6.45, 7) is 4.17. The summed E-state index contributed by atoms with van der Waals surface area (Å²) in [5, 5.41) is 0. The molecule has 0 N–H and O–H groups in total. The topological polar surface area (TPSA) is 40.6 Å². The van der Waals surface area contributed by atoms with Crippen LogP contribution in [0.3, 0.4) is 0 Å². The normalized spacial score (nSPS) is 13.2. The average Bonchev–Trinajstić information content (AvgIpc) is 2.65. The third-order valence-corrected chi connectivity index (χ3v) is 4.04. The van der Waals surface area contributed by atoms with Gasteiger partial charge in [0.15, 0.2) is 0 Å². The number of fused-ring (bicyclic) bond motifs is 2. The quantitative estimate of drug-likeness (QED) is 0.856. The minimum absolute atomic E-state index is 0.00443. The summed E-state index contributed by atoms with van der Waals surface area (Å²) >= 11 is 0. The van der Waals surface area contributed by atoms with Crippen molar-refractivity contribution < 1.29 is 9.59 Å². The molecule has 0 fully saturated rings. The fraction of sp³-hybridized carbons (Fsp3) is 0.158. The van der Waals surface area contributed by atoms with Gasteiger partial charge in [0.2, 0.25) is 5.91 Å². The standard InChI is InChI=1S/C19H18N2O2/c1-13-14-8-4-5-10-16(14)19(23)21(12-18(22)20(2)3)17-11-7-6-9-15(13)17/h4-11H,1,12H2,2-3H3. The van der Waals surface area contributed by atoms with Crippen molar-refractivity contribution in [2.45, 2.75) is 0 Å². The van der Waals surface area contributed by atoms with Gasteiger partial charge in [-0.25, -0.2) is 0 Å². The molecular weight excluding hydrogens is 288 g/mol. The van der Waals surface area contributed by atoms with Crippen LogP contribution in [0.15, 0.2) is 55.1 Å². The molecule has 1 aliphatic rings. The largest absolute Gasteiger partial charge is 0.347 e. The zero-order chi connectivity index (χ0) is 16.6. The highest BCUT2D eigenvalue weighted by Gasteiger charge is 2.29. The summed E-state index contributed by atoms with van der Waals surface area (Å²) in [4.78, 5) is 28.2. The molecule has 0 atom stereocenters. The molecule has 0 spiro atoms. The molecule has 0 saturated heterocycles. The lowest BCUT2D eigenvalue weighted by atomic mass is 9.96. The van der Waals surface area contributed by atoms with Gasteiger partial charge in [-0.1, -0.05) is 43.0 Å². The van der Waals surface area contributed by atoms with Crippen molar-refractivity contribution in [3.8, 4) is 0 Å². The molecule has 2 amide bonds. The van der Waals surface area contributed by atoms with E-state index >= 15 is 0 Å². The average molecular weight is 306 g/mol. The Kier molecular flexibility index (Phi) is 3.74. The first-order valence-electron chi connectivity index (χ1n) is 7.40. The highest BCUT2D eigenvalue weighted by atomic mass is 16.2. The van der Waals surface area contributed by atoms with Gasteiger partial charge in [0.1, 0.15) is 6.54 Å². The van der Waals surface area contributed by atoms with E-state index in [0.29, 0.717) is 11.3 Å². The van der Waals surface area contributed by atoms with E-state index in [4.69, 9.17) is 0 Å². The molecule has 0 aromatic heterocycles. The fourth-order valence-corrected chi connectivity index (χ4v) is 2.73. The summed E-state index contributed by atoms with van der Waals surface area (Å²) in [5.74, 6) is -0.306. The molecule has 0 radical (unpaired) electrons. The van der Waals surface area contributed by atoms with Crippen LogP contribution in [0.5, 0.6) is 0 Å². The molecule has 0 saturated carbocycles. The zero-order valence-corrected chi connectivity index (χ0v) is 13.2. The van der Waals surface area contributed by atoms with Crippen molar-refractivity contribution in [3.05, 3.63) is 71.8 Å². The highest BCUT2D eigenvalue weighted by molar-refractivity contribution is 6.15. The van der Waals surface area contributed by atoms with Crippen LogP contribution in [-0.4, -0.2) is 37.4 Å². The number of nitrogens with zero attached hydrogens (tertiary/aromatic N) is 2. The van der Waals surface area contributed by atoms with E-state index < -0.39 is 0 Å². The maximum absolute atomic E-state index is 13.0. The second kappa shape index (κ2) is 5.72. The first kappa shape index (κ1) is 15.0. The van der Waals surface area contributed by atoms with Crippen LogP contribution in [0.25, 0.3) is 5.57 Å². The summed E-state index contributed by atoms with van der Waals surface area (Å²) in [5.41, 5.74) is 3.76. The highest BCUT2D eigenvalue weighted by Crippen LogP contribution is 2.36. The second-order valence-corrected chi connectivity index (χ2v) is 5.72. The van der Waals surface area contributed by atoms with E-state index in [1.165, 1.54) is 9.80 Å². The summed E-state index contributed by atoms with van der Waals surface area (Å²) in [7, 11) is 3.37. The van der Waals surface area contributed by atoms with Crippen LogP contribution < -0.4 is 4.90 Å². The number of carbonyl (C=O) groups is 2. The lowest BCUT2D eigenvalue weighted by molar-refractivity contribution is -0.127. The predicted molar refractivity (Wildman–Crippen MR) is 91.4 cm³/mol. The van der Waals surface area contributed by atoms with Crippen LogP contribution in [0.1, 0.15) is 21.5 Å². The van der Waals surface area contributed by atoms with Gasteiger partial charge in [0.05, 0.1) is 5.69 Å². The molecule has 23 heavy (non-hydrogen) atoms. The predicted octanol–water partition coefficient (Wildman–Crippen LogP) is 2.80. The van der Waals surface area contributed by atoms with E-state index in [1.807, 2.05) is 42.5 Å². The number of hydrogen-bond acceptors (Lipinski definition) is 2. The third-order valence-electron chi connectivity index (χ3n) is 4.04. The maximum atomic E-state index is 13.0. The van der Waals surface area contributed by atoms with Gasteiger partial charge >= 0.3 is 0 Å². The monoisotopic (exact) mass is 306 g/mol. The van der Waals surface area contributed by atoms with Crippen LogP contribution in [0, 0.1) is 0 Å². The lowest BCUT2D eigenvalue weighted by Crippen LogP contribution is -2.40. The Labute approximate surface area is 135 Å². The van der Waals surface area contributed by atoms with E-state index in [2.05, 4.69) is 6.58 Å². The molecule has 1 aliphatic heterocycles. The van der Waals surface area contributed by atoms with Crippen molar-refractivity contribution in [1.82, 2.24) is 4.90 Å². The SMILES string of the molecule is C=C1c2ccccc2C(=O)N(CC(=O)N(C)C)c2ccccc21.